The van der Waals surface area contributed by atoms with Crippen LogP contribution in [0.25, 0.3) is 0 Å². The highest BCUT2D eigenvalue weighted by Gasteiger charge is 2.19. The standard InChI is InChI=1S/C14H13ClO/c1-9-3-5-13(10(9)2)14-6-4-12(15)7-11(14)8-16/h3-8,13H,1-2H3. The summed E-state index contributed by atoms with van der Waals surface area (Å²) in [6.07, 6.45) is 5.10. The molecule has 0 aromatic heterocycles. The minimum atomic E-state index is 0.220. The van der Waals surface area contributed by atoms with Crippen LogP contribution >= 0.6 is 11.6 Å². The van der Waals surface area contributed by atoms with Crippen LogP contribution in [0.15, 0.2) is 41.5 Å². The van der Waals surface area contributed by atoms with Gasteiger partial charge < -0.3 is 0 Å². The summed E-state index contributed by atoms with van der Waals surface area (Å²) in [6, 6.07) is 5.49. The molecular weight excluding hydrogens is 220 g/mol. The van der Waals surface area contributed by atoms with Gasteiger partial charge in [-0.3, -0.25) is 4.79 Å². The molecule has 1 aliphatic carbocycles. The fraction of sp³-hybridized carbons (Fsp3) is 0.214. The predicted molar refractivity (Wildman–Crippen MR) is 67.1 cm³/mol. The number of rotatable bonds is 2. The smallest absolute Gasteiger partial charge is 0.150 e. The molecule has 1 atom stereocenters. The lowest BCUT2D eigenvalue weighted by Crippen LogP contribution is -2.00. The Hall–Kier alpha value is -1.34. The molecule has 2 rings (SSSR count). The van der Waals surface area contributed by atoms with Gasteiger partial charge >= 0.3 is 0 Å². The van der Waals surface area contributed by atoms with Crippen molar-refractivity contribution in [1.29, 1.82) is 0 Å². The van der Waals surface area contributed by atoms with Crippen LogP contribution in [0.2, 0.25) is 5.02 Å². The minimum absolute atomic E-state index is 0.220. The van der Waals surface area contributed by atoms with Gasteiger partial charge in [0, 0.05) is 16.5 Å². The lowest BCUT2D eigenvalue weighted by molar-refractivity contribution is 0.112. The zero-order valence-electron chi connectivity index (χ0n) is 9.33. The quantitative estimate of drug-likeness (QED) is 0.701. The first-order valence-corrected chi connectivity index (χ1v) is 5.61. The molecule has 1 aromatic carbocycles. The molecule has 1 aliphatic rings. The van der Waals surface area contributed by atoms with E-state index in [-0.39, 0.29) is 5.92 Å². The summed E-state index contributed by atoms with van der Waals surface area (Å²) < 4.78 is 0. The molecule has 2 heteroatoms. The first kappa shape index (κ1) is 11.2. The second kappa shape index (κ2) is 4.26. The fourth-order valence-corrected chi connectivity index (χ4v) is 2.21. The summed E-state index contributed by atoms with van der Waals surface area (Å²) in [5.74, 6) is 0.220. The van der Waals surface area contributed by atoms with Crippen molar-refractivity contribution in [2.45, 2.75) is 19.8 Å². The number of benzene rings is 1. The highest BCUT2D eigenvalue weighted by atomic mass is 35.5. The van der Waals surface area contributed by atoms with E-state index in [1.54, 1.807) is 6.07 Å². The molecule has 16 heavy (non-hydrogen) atoms. The van der Waals surface area contributed by atoms with E-state index in [4.69, 9.17) is 11.6 Å². The highest BCUT2D eigenvalue weighted by Crippen LogP contribution is 2.35. The van der Waals surface area contributed by atoms with E-state index in [9.17, 15) is 4.79 Å². The average Bonchev–Trinajstić information content (AvgIpc) is 2.60. The molecular formula is C14H13ClO. The molecule has 0 saturated carbocycles. The number of carbonyl (C=O) groups is 1. The van der Waals surface area contributed by atoms with Crippen molar-refractivity contribution in [1.82, 2.24) is 0 Å². The first-order valence-electron chi connectivity index (χ1n) is 5.23. The van der Waals surface area contributed by atoms with Crippen molar-refractivity contribution >= 4 is 17.9 Å². The first-order chi connectivity index (χ1) is 7.63. The third-order valence-corrected chi connectivity index (χ3v) is 3.37. The Morgan fingerprint density at radius 1 is 1.31 bits per heavy atom. The van der Waals surface area contributed by atoms with Gasteiger partial charge in [0.15, 0.2) is 0 Å². The van der Waals surface area contributed by atoms with E-state index >= 15 is 0 Å². The zero-order chi connectivity index (χ0) is 11.7. The van der Waals surface area contributed by atoms with Crippen LogP contribution in [-0.4, -0.2) is 6.29 Å². The van der Waals surface area contributed by atoms with Crippen LogP contribution < -0.4 is 0 Å². The molecule has 0 amide bonds. The maximum absolute atomic E-state index is 11.0. The number of allylic oxidation sites excluding steroid dienone is 4. The molecule has 0 heterocycles. The molecule has 1 aromatic rings. The lowest BCUT2D eigenvalue weighted by atomic mass is 9.90. The lowest BCUT2D eigenvalue weighted by Gasteiger charge is -2.14. The second-order valence-electron chi connectivity index (χ2n) is 4.09. The van der Waals surface area contributed by atoms with Gasteiger partial charge in [-0.2, -0.15) is 0 Å². The zero-order valence-corrected chi connectivity index (χ0v) is 10.1. The van der Waals surface area contributed by atoms with Crippen LogP contribution in [0.1, 0.15) is 35.7 Å². The summed E-state index contributed by atoms with van der Waals surface area (Å²) >= 11 is 5.88. The summed E-state index contributed by atoms with van der Waals surface area (Å²) in [5.41, 5.74) is 4.28. The molecule has 1 nitrogen and oxygen atoms in total. The molecule has 82 valence electrons. The Morgan fingerprint density at radius 3 is 2.62 bits per heavy atom. The number of hydrogen-bond acceptors (Lipinski definition) is 1. The Kier molecular flexibility index (Phi) is 2.97. The third kappa shape index (κ3) is 1.83. The summed E-state index contributed by atoms with van der Waals surface area (Å²) in [6.45, 7) is 4.19. The predicted octanol–water partition coefficient (Wildman–Crippen LogP) is 4.14. The van der Waals surface area contributed by atoms with Gasteiger partial charge in [0.05, 0.1) is 0 Å². The maximum atomic E-state index is 11.0. The molecule has 0 saturated heterocycles. The average molecular weight is 233 g/mol. The Bertz CT molecular complexity index is 497. The van der Waals surface area contributed by atoms with Crippen molar-refractivity contribution in [3.8, 4) is 0 Å². The van der Waals surface area contributed by atoms with E-state index in [2.05, 4.69) is 26.0 Å². The summed E-state index contributed by atoms with van der Waals surface area (Å²) in [7, 11) is 0. The largest absolute Gasteiger partial charge is 0.298 e. The molecule has 0 aliphatic heterocycles. The Labute approximate surface area is 100 Å². The van der Waals surface area contributed by atoms with Gasteiger partial charge in [0.25, 0.3) is 0 Å². The summed E-state index contributed by atoms with van der Waals surface area (Å²) in [5, 5.41) is 0.603. The van der Waals surface area contributed by atoms with Gasteiger partial charge in [-0.25, -0.2) is 0 Å². The van der Waals surface area contributed by atoms with Gasteiger partial charge in [0.2, 0.25) is 0 Å². The van der Waals surface area contributed by atoms with Gasteiger partial charge in [0.1, 0.15) is 6.29 Å². The van der Waals surface area contributed by atoms with E-state index < -0.39 is 0 Å². The molecule has 0 spiro atoms. The number of aldehydes is 1. The van der Waals surface area contributed by atoms with Crippen LogP contribution in [0.3, 0.4) is 0 Å². The van der Waals surface area contributed by atoms with Crippen molar-refractivity contribution in [2.24, 2.45) is 0 Å². The third-order valence-electron chi connectivity index (χ3n) is 3.14. The molecule has 0 radical (unpaired) electrons. The van der Waals surface area contributed by atoms with Crippen molar-refractivity contribution in [3.63, 3.8) is 0 Å². The number of hydrogen-bond donors (Lipinski definition) is 0. The monoisotopic (exact) mass is 232 g/mol. The fourth-order valence-electron chi connectivity index (χ4n) is 2.03. The topological polar surface area (TPSA) is 17.1 Å². The van der Waals surface area contributed by atoms with Gasteiger partial charge in [-0.1, -0.05) is 41.0 Å². The minimum Gasteiger partial charge on any atom is -0.298 e. The maximum Gasteiger partial charge on any atom is 0.150 e. The molecule has 0 bridgehead atoms. The van der Waals surface area contributed by atoms with E-state index in [1.807, 2.05) is 12.1 Å². The number of carbonyl (C=O) groups excluding carboxylic acids is 1. The molecule has 1 unspecified atom stereocenters. The van der Waals surface area contributed by atoms with Crippen LogP contribution in [0.4, 0.5) is 0 Å². The molecule has 0 N–H and O–H groups in total. The van der Waals surface area contributed by atoms with E-state index in [0.717, 1.165) is 11.8 Å². The van der Waals surface area contributed by atoms with Crippen molar-refractivity contribution < 1.29 is 4.79 Å². The highest BCUT2D eigenvalue weighted by molar-refractivity contribution is 6.30. The van der Waals surface area contributed by atoms with Crippen molar-refractivity contribution in [2.75, 3.05) is 0 Å². The van der Waals surface area contributed by atoms with Crippen LogP contribution in [0.5, 0.6) is 0 Å². The summed E-state index contributed by atoms with van der Waals surface area (Å²) in [4.78, 5) is 11.0. The SMILES string of the molecule is CC1=C(C)C(c2ccc(Cl)cc2C=O)C=C1. The van der Waals surface area contributed by atoms with E-state index in [1.165, 1.54) is 11.1 Å². The number of halogens is 1. The van der Waals surface area contributed by atoms with Gasteiger partial charge in [-0.15, -0.1) is 0 Å². The second-order valence-corrected chi connectivity index (χ2v) is 4.53. The van der Waals surface area contributed by atoms with Crippen LogP contribution in [-0.2, 0) is 0 Å². The Balaban J connectivity index is 2.50. The van der Waals surface area contributed by atoms with Gasteiger partial charge in [-0.05, 0) is 31.5 Å². The van der Waals surface area contributed by atoms with Crippen molar-refractivity contribution in [3.05, 3.63) is 57.6 Å². The van der Waals surface area contributed by atoms with Crippen LogP contribution in [0, 0.1) is 0 Å². The Morgan fingerprint density at radius 2 is 2.06 bits per heavy atom. The van der Waals surface area contributed by atoms with E-state index in [0.29, 0.717) is 10.6 Å². The normalized spacial score (nSPS) is 19.3. The molecule has 0 fully saturated rings.